The number of rotatable bonds is 5. The molecule has 1 fully saturated rings. The first kappa shape index (κ1) is 16.6. The number of hydrogen-bond acceptors (Lipinski definition) is 2. The minimum Gasteiger partial charge on any atom is -0.444 e. The number of carbonyl (C=O) groups is 1. The van der Waals surface area contributed by atoms with Crippen molar-refractivity contribution in [1.82, 2.24) is 0 Å². The summed E-state index contributed by atoms with van der Waals surface area (Å²) in [4.78, 5) is 12.3. The van der Waals surface area contributed by atoms with E-state index in [1.807, 2.05) is 19.9 Å². The maximum atomic E-state index is 12.3. The van der Waals surface area contributed by atoms with Gasteiger partial charge in [0.1, 0.15) is 0 Å². The van der Waals surface area contributed by atoms with Crippen molar-refractivity contribution in [3.63, 3.8) is 0 Å². The van der Waals surface area contributed by atoms with Crippen LogP contribution in [0.4, 0.5) is 0 Å². The zero-order chi connectivity index (χ0) is 15.5. The highest BCUT2D eigenvalue weighted by Gasteiger charge is 2.61. The van der Waals surface area contributed by atoms with Gasteiger partial charge in [0, 0.05) is 0 Å². The number of ether oxygens (including phenoxy) is 1. The van der Waals surface area contributed by atoms with Crippen molar-refractivity contribution < 1.29 is 9.53 Å². The largest absolute Gasteiger partial charge is 0.444 e. The Morgan fingerprint density at radius 1 is 1.40 bits per heavy atom. The Bertz CT molecular complexity index is 470. The molecule has 1 aliphatic carbocycles. The first-order chi connectivity index (χ1) is 9.25. The summed E-state index contributed by atoms with van der Waals surface area (Å²) in [5.74, 6) is 2.56. The van der Waals surface area contributed by atoms with Crippen LogP contribution in [0.15, 0.2) is 23.3 Å². The normalized spacial score (nSPS) is 25.4. The Labute approximate surface area is 123 Å². The van der Waals surface area contributed by atoms with Crippen molar-refractivity contribution in [1.29, 1.82) is 0 Å². The molecule has 0 saturated heterocycles. The van der Waals surface area contributed by atoms with E-state index in [9.17, 15) is 4.79 Å². The average molecular weight is 274 g/mol. The summed E-state index contributed by atoms with van der Waals surface area (Å²) >= 11 is 0. The molecule has 0 aromatic carbocycles. The van der Waals surface area contributed by atoms with E-state index in [0.717, 1.165) is 12.0 Å². The van der Waals surface area contributed by atoms with E-state index in [4.69, 9.17) is 11.2 Å². The van der Waals surface area contributed by atoms with Gasteiger partial charge in [-0.2, -0.15) is 0 Å². The van der Waals surface area contributed by atoms with Gasteiger partial charge in [0.25, 0.3) is 0 Å². The smallest absolute Gasteiger partial charge is 0.311 e. The van der Waals surface area contributed by atoms with Crippen LogP contribution < -0.4 is 0 Å². The van der Waals surface area contributed by atoms with Crippen LogP contribution >= 0.6 is 0 Å². The molecule has 20 heavy (non-hydrogen) atoms. The molecule has 0 aromatic rings. The highest BCUT2D eigenvalue weighted by Crippen LogP contribution is 2.59. The van der Waals surface area contributed by atoms with Crippen LogP contribution in [0, 0.1) is 29.6 Å². The molecular weight excluding hydrogens is 248 g/mol. The quantitative estimate of drug-likeness (QED) is 0.428. The van der Waals surface area contributed by atoms with Gasteiger partial charge in [0.2, 0.25) is 0 Å². The van der Waals surface area contributed by atoms with E-state index in [-0.39, 0.29) is 23.2 Å². The predicted octanol–water partition coefficient (Wildman–Crippen LogP) is 4.13. The standard InChI is InChI=1S/C18H26O2/c1-8-10-13(5)15(9-2)20-17(19)16-14(11-12(3)4)18(16,6)7/h2,10-11,14-16H,8H2,1,3-7H3/b13-10+/t14-,15+,16-/m1/s1. The lowest BCUT2D eigenvalue weighted by Crippen LogP contribution is -2.20. The molecule has 1 saturated carbocycles. The summed E-state index contributed by atoms with van der Waals surface area (Å²) in [5.41, 5.74) is 2.13. The Morgan fingerprint density at radius 3 is 2.45 bits per heavy atom. The molecule has 0 radical (unpaired) electrons. The molecule has 1 rings (SSSR count). The third-order valence-electron chi connectivity index (χ3n) is 4.00. The van der Waals surface area contributed by atoms with E-state index >= 15 is 0 Å². The molecule has 0 N–H and O–H groups in total. The summed E-state index contributed by atoms with van der Waals surface area (Å²) in [7, 11) is 0. The van der Waals surface area contributed by atoms with E-state index in [0.29, 0.717) is 0 Å². The van der Waals surface area contributed by atoms with Crippen molar-refractivity contribution >= 4 is 5.97 Å². The minimum atomic E-state index is -0.536. The minimum absolute atomic E-state index is 0.0319. The molecule has 2 nitrogen and oxygen atoms in total. The van der Waals surface area contributed by atoms with Crippen LogP contribution in [0.2, 0.25) is 0 Å². The molecule has 0 unspecified atom stereocenters. The van der Waals surface area contributed by atoms with Crippen molar-refractivity contribution in [2.75, 3.05) is 0 Å². The molecule has 110 valence electrons. The Kier molecular flexibility index (Phi) is 5.22. The lowest BCUT2D eigenvalue weighted by molar-refractivity contribution is -0.147. The molecule has 0 spiro atoms. The van der Waals surface area contributed by atoms with Crippen LogP contribution in [0.1, 0.15) is 48.0 Å². The third kappa shape index (κ3) is 3.54. The molecule has 0 bridgehead atoms. The number of esters is 1. The van der Waals surface area contributed by atoms with Crippen molar-refractivity contribution in [3.8, 4) is 12.3 Å². The Balaban J connectivity index is 2.76. The fraction of sp³-hybridized carbons (Fsp3) is 0.611. The second kappa shape index (κ2) is 6.31. The Morgan fingerprint density at radius 2 is 2.00 bits per heavy atom. The molecule has 0 aliphatic heterocycles. The fourth-order valence-corrected chi connectivity index (χ4v) is 2.67. The second-order valence-electron chi connectivity index (χ2n) is 6.41. The van der Waals surface area contributed by atoms with E-state index < -0.39 is 6.10 Å². The topological polar surface area (TPSA) is 26.3 Å². The summed E-state index contributed by atoms with van der Waals surface area (Å²) in [6.07, 6.45) is 9.99. The van der Waals surface area contributed by atoms with Crippen LogP contribution in [0.25, 0.3) is 0 Å². The maximum absolute atomic E-state index is 12.3. The maximum Gasteiger partial charge on any atom is 0.311 e. The van der Waals surface area contributed by atoms with Crippen molar-refractivity contribution in [3.05, 3.63) is 23.3 Å². The highest BCUT2D eigenvalue weighted by atomic mass is 16.5. The van der Waals surface area contributed by atoms with Gasteiger partial charge in [-0.1, -0.05) is 44.4 Å². The first-order valence-electron chi connectivity index (χ1n) is 7.24. The molecular formula is C18H26O2. The number of carbonyl (C=O) groups excluding carboxylic acids is 1. The summed E-state index contributed by atoms with van der Waals surface area (Å²) in [6, 6.07) is 0. The molecule has 0 heterocycles. The number of hydrogen-bond donors (Lipinski definition) is 0. The van der Waals surface area contributed by atoms with Gasteiger partial charge in [0.15, 0.2) is 6.10 Å². The van der Waals surface area contributed by atoms with Crippen LogP contribution in [-0.2, 0) is 9.53 Å². The molecule has 0 aromatic heterocycles. The van der Waals surface area contributed by atoms with Crippen molar-refractivity contribution in [2.24, 2.45) is 17.3 Å². The summed E-state index contributed by atoms with van der Waals surface area (Å²) in [5, 5.41) is 0. The SMILES string of the molecule is C#C[C@H](OC(=O)[C@H]1[C@@H](C=C(C)C)C1(C)C)/C(C)=C/CC. The van der Waals surface area contributed by atoms with Gasteiger partial charge in [0.05, 0.1) is 5.92 Å². The monoisotopic (exact) mass is 274 g/mol. The number of terminal acetylenes is 1. The highest BCUT2D eigenvalue weighted by molar-refractivity contribution is 5.79. The zero-order valence-electron chi connectivity index (χ0n) is 13.5. The molecule has 3 atom stereocenters. The van der Waals surface area contributed by atoms with Gasteiger partial charge < -0.3 is 4.74 Å². The summed E-state index contributed by atoms with van der Waals surface area (Å²) in [6.45, 7) is 12.2. The van der Waals surface area contributed by atoms with E-state index in [1.165, 1.54) is 5.57 Å². The van der Waals surface area contributed by atoms with Gasteiger partial charge in [-0.25, -0.2) is 0 Å². The lowest BCUT2D eigenvalue weighted by Gasteiger charge is -2.13. The second-order valence-corrected chi connectivity index (χ2v) is 6.41. The lowest BCUT2D eigenvalue weighted by atomic mass is 10.1. The molecule has 0 amide bonds. The Hall–Kier alpha value is -1.49. The van der Waals surface area contributed by atoms with Gasteiger partial charge in [-0.05, 0) is 44.1 Å². The van der Waals surface area contributed by atoms with Gasteiger partial charge in [-0.15, -0.1) is 6.42 Å². The first-order valence-corrected chi connectivity index (χ1v) is 7.24. The number of allylic oxidation sites excluding steroid dienone is 3. The van der Waals surface area contributed by atoms with Gasteiger partial charge in [-0.3, -0.25) is 4.79 Å². The van der Waals surface area contributed by atoms with Crippen LogP contribution in [0.3, 0.4) is 0 Å². The van der Waals surface area contributed by atoms with Crippen LogP contribution in [-0.4, -0.2) is 12.1 Å². The fourth-order valence-electron chi connectivity index (χ4n) is 2.67. The summed E-state index contributed by atoms with van der Waals surface area (Å²) < 4.78 is 5.51. The van der Waals surface area contributed by atoms with Gasteiger partial charge >= 0.3 is 5.97 Å². The predicted molar refractivity (Wildman–Crippen MR) is 83.0 cm³/mol. The zero-order valence-corrected chi connectivity index (χ0v) is 13.5. The average Bonchev–Trinajstić information content (AvgIpc) is 2.86. The third-order valence-corrected chi connectivity index (χ3v) is 4.00. The van der Waals surface area contributed by atoms with E-state index in [2.05, 4.69) is 39.7 Å². The molecule has 2 heteroatoms. The van der Waals surface area contributed by atoms with Crippen LogP contribution in [0.5, 0.6) is 0 Å². The van der Waals surface area contributed by atoms with E-state index in [1.54, 1.807) is 0 Å². The molecule has 1 aliphatic rings. The van der Waals surface area contributed by atoms with Crippen molar-refractivity contribution in [2.45, 2.75) is 54.1 Å².